The Kier molecular flexibility index (Phi) is 21.8. The van der Waals surface area contributed by atoms with Gasteiger partial charge in [0.25, 0.3) is 17.7 Å². The molecule has 4 amide bonds. The number of hydrogen-bond donors (Lipinski definition) is 1. The summed E-state index contributed by atoms with van der Waals surface area (Å²) in [6.07, 6.45) is 9.33. The molecule has 3 aliphatic rings. The fourth-order valence-electron chi connectivity index (χ4n) is 9.25. The summed E-state index contributed by atoms with van der Waals surface area (Å²) in [5.41, 5.74) is 2.19. The van der Waals surface area contributed by atoms with Crippen molar-refractivity contribution < 1.29 is 76.2 Å². The summed E-state index contributed by atoms with van der Waals surface area (Å²) >= 11 is 0. The van der Waals surface area contributed by atoms with Gasteiger partial charge in [0, 0.05) is 19.4 Å². The molecule has 2 aliphatic heterocycles. The van der Waals surface area contributed by atoms with Gasteiger partial charge in [-0.25, -0.2) is 9.59 Å². The molecule has 5 atom stereocenters. The number of amides is 4. The molecule has 2 saturated heterocycles. The van der Waals surface area contributed by atoms with Gasteiger partial charge in [-0.05, 0) is 124 Å². The predicted molar refractivity (Wildman–Crippen MR) is 269 cm³/mol. The van der Waals surface area contributed by atoms with Crippen LogP contribution in [0.2, 0.25) is 0 Å². The minimum Gasteiger partial charge on any atom is -0.493 e. The molecule has 0 radical (unpaired) electrons. The largest absolute Gasteiger partial charge is 0.493 e. The van der Waals surface area contributed by atoms with Gasteiger partial charge >= 0.3 is 11.9 Å². The number of carbonyl (C=O) groups excluding carboxylic acids is 6. The second-order valence-corrected chi connectivity index (χ2v) is 18.1. The topological polar surface area (TPSA) is 213 Å². The molecule has 19 heteroatoms. The Morgan fingerprint density at radius 2 is 1.49 bits per heavy atom. The van der Waals surface area contributed by atoms with E-state index in [9.17, 15) is 28.8 Å². The monoisotopic (exact) mass is 1030 g/mol. The van der Waals surface area contributed by atoms with Gasteiger partial charge in [0.2, 0.25) is 11.7 Å². The molecule has 3 aromatic rings. The van der Waals surface area contributed by atoms with Crippen molar-refractivity contribution in [1.82, 2.24) is 15.3 Å². The van der Waals surface area contributed by atoms with Crippen LogP contribution in [0.1, 0.15) is 119 Å². The van der Waals surface area contributed by atoms with Crippen molar-refractivity contribution in [2.24, 2.45) is 0 Å². The molecule has 19 nitrogen and oxygen atoms in total. The van der Waals surface area contributed by atoms with Crippen molar-refractivity contribution in [3.05, 3.63) is 83.4 Å². The Morgan fingerprint density at radius 3 is 2.19 bits per heavy atom. The molecule has 2 fully saturated rings. The average Bonchev–Trinajstić information content (AvgIpc) is 3.72. The third-order valence-electron chi connectivity index (χ3n) is 13.2. The summed E-state index contributed by atoms with van der Waals surface area (Å²) < 4.78 is 52.4. The number of benzene rings is 3. The molecule has 1 aliphatic carbocycles. The lowest BCUT2D eigenvalue weighted by Gasteiger charge is -2.37. The van der Waals surface area contributed by atoms with Crippen LogP contribution in [0.25, 0.3) is 0 Å². The molecule has 6 rings (SSSR count). The number of rotatable bonds is 26. The van der Waals surface area contributed by atoms with Gasteiger partial charge in [0.15, 0.2) is 35.9 Å². The first kappa shape index (κ1) is 56.4. The third-order valence-corrected chi connectivity index (χ3v) is 13.2. The van der Waals surface area contributed by atoms with Crippen LogP contribution in [0, 0.1) is 0 Å². The zero-order chi connectivity index (χ0) is 53.0. The van der Waals surface area contributed by atoms with E-state index in [-0.39, 0.29) is 51.0 Å². The Morgan fingerprint density at radius 1 is 0.757 bits per heavy atom. The second-order valence-electron chi connectivity index (χ2n) is 18.1. The number of carbonyl (C=O) groups is 6. The standard InChI is InChI=1S/C55H71N3O16/c1-7-41(38-32-46(67-4)53(69-6)47(33-38)68-5)54(63)57-28-14-13-20-42(57)55(64)73-43(23-21-36-22-24-44(65-2)45(30-36)66-3)37-16-15-19-40(31-37)71-35-48(59)56-34-52(72-39-17-11-9-8-10-12-18-39)70-29-27-51(62)74-58-49(60)25-26-50(58)61/h8-9,15-16,19,22,24,30-33,39,41-43,52H,7,10-14,17-18,20-21,23,25-29,34-35H2,1-6H3,(H,56,59)/t39?,41-,42-,43+,52?/m0/s1. The van der Waals surface area contributed by atoms with Crippen molar-refractivity contribution in [3.63, 3.8) is 0 Å². The Bertz CT molecular complexity index is 2390. The van der Waals surface area contributed by atoms with Crippen molar-refractivity contribution in [2.45, 2.75) is 127 Å². The number of nitrogens with one attached hydrogen (secondary N) is 1. The van der Waals surface area contributed by atoms with Gasteiger partial charge in [0.05, 0.1) is 67.1 Å². The number of imide groups is 1. The third kappa shape index (κ3) is 15.6. The van der Waals surface area contributed by atoms with Crippen LogP contribution in [0.4, 0.5) is 0 Å². The van der Waals surface area contributed by atoms with Crippen LogP contribution in [0.15, 0.2) is 66.7 Å². The van der Waals surface area contributed by atoms with Crippen LogP contribution >= 0.6 is 0 Å². The van der Waals surface area contributed by atoms with E-state index >= 15 is 0 Å². The number of piperidine rings is 1. The van der Waals surface area contributed by atoms with Crippen molar-refractivity contribution >= 4 is 35.6 Å². The summed E-state index contributed by atoms with van der Waals surface area (Å²) in [5, 5.41) is 3.29. The minimum absolute atomic E-state index is 0.0210. The van der Waals surface area contributed by atoms with Crippen molar-refractivity contribution in [1.29, 1.82) is 0 Å². The number of methoxy groups -OCH3 is 5. The highest BCUT2D eigenvalue weighted by atomic mass is 16.7. The van der Waals surface area contributed by atoms with E-state index in [0.717, 1.165) is 50.5 Å². The summed E-state index contributed by atoms with van der Waals surface area (Å²) in [5.74, 6) is -1.11. The van der Waals surface area contributed by atoms with E-state index in [4.69, 9.17) is 47.5 Å². The van der Waals surface area contributed by atoms with Gasteiger partial charge in [-0.1, -0.05) is 37.3 Å². The molecule has 1 N–H and O–H groups in total. The number of likely N-dealkylation sites (tertiary alicyclic amines) is 1. The maximum Gasteiger partial charge on any atom is 0.335 e. The van der Waals surface area contributed by atoms with Crippen LogP contribution in [0.5, 0.6) is 34.5 Å². The first-order valence-corrected chi connectivity index (χ1v) is 25.4. The van der Waals surface area contributed by atoms with Gasteiger partial charge in [0.1, 0.15) is 17.9 Å². The molecule has 0 saturated carbocycles. The molecule has 2 unspecified atom stereocenters. The van der Waals surface area contributed by atoms with Gasteiger partial charge in [-0.3, -0.25) is 19.2 Å². The smallest absolute Gasteiger partial charge is 0.335 e. The van der Waals surface area contributed by atoms with Crippen LogP contribution in [0.3, 0.4) is 0 Å². The van der Waals surface area contributed by atoms with Crippen LogP contribution < -0.4 is 33.7 Å². The number of ether oxygens (including phenoxy) is 9. The molecule has 402 valence electrons. The molecule has 74 heavy (non-hydrogen) atoms. The maximum absolute atomic E-state index is 14.6. The van der Waals surface area contributed by atoms with E-state index in [1.807, 2.05) is 31.2 Å². The lowest BCUT2D eigenvalue weighted by molar-refractivity contribution is -0.201. The SMILES string of the molecule is CC[C@H](C(=O)N1CCCC[C@H]1C(=O)O[C@H](CCc1ccc(OC)c(OC)c1)c1cccc(OCC(=O)NCC(OCCC(=O)ON2C(=O)CCC2=O)OC2CCC=CCCC2)c1)c1cc(OC)c(OC)c(OC)c1. The number of nitrogens with zero attached hydrogens (tertiary/aromatic N) is 2. The summed E-state index contributed by atoms with van der Waals surface area (Å²) in [4.78, 5) is 85.4. The highest BCUT2D eigenvalue weighted by Crippen LogP contribution is 2.42. The van der Waals surface area contributed by atoms with E-state index < -0.39 is 54.0 Å². The van der Waals surface area contributed by atoms with Crippen LogP contribution in [-0.4, -0.2) is 126 Å². The predicted octanol–water partition coefficient (Wildman–Crippen LogP) is 7.26. The minimum atomic E-state index is -0.933. The second kappa shape index (κ2) is 28.6. The van der Waals surface area contributed by atoms with E-state index in [2.05, 4.69) is 17.5 Å². The highest BCUT2D eigenvalue weighted by Gasteiger charge is 2.38. The molecule has 3 aromatic carbocycles. The Balaban J connectivity index is 1.14. The first-order valence-electron chi connectivity index (χ1n) is 25.4. The van der Waals surface area contributed by atoms with Crippen molar-refractivity contribution in [3.8, 4) is 34.5 Å². The van der Waals surface area contributed by atoms with Crippen LogP contribution in [-0.2, 0) is 54.2 Å². The van der Waals surface area contributed by atoms with E-state index in [0.29, 0.717) is 82.9 Å². The number of hydroxylamine groups is 2. The number of aryl methyl sites for hydroxylation is 1. The summed E-state index contributed by atoms with van der Waals surface area (Å²) in [6.45, 7) is 1.68. The molecular formula is C55H71N3O16. The summed E-state index contributed by atoms with van der Waals surface area (Å²) in [7, 11) is 7.68. The number of esters is 1. The van der Waals surface area contributed by atoms with Gasteiger partial charge in [-0.2, -0.15) is 0 Å². The molecular weight excluding hydrogens is 959 g/mol. The quantitative estimate of drug-likeness (QED) is 0.0363. The lowest BCUT2D eigenvalue weighted by atomic mass is 9.91. The first-order chi connectivity index (χ1) is 35.9. The molecule has 2 heterocycles. The van der Waals surface area contributed by atoms with Gasteiger partial charge < -0.3 is 57.7 Å². The molecule has 0 spiro atoms. The Hall–Kier alpha value is -6.86. The normalized spacial score (nSPS) is 18.0. The zero-order valence-corrected chi connectivity index (χ0v) is 43.4. The lowest BCUT2D eigenvalue weighted by Crippen LogP contribution is -2.50. The number of hydrogen-bond acceptors (Lipinski definition) is 16. The maximum atomic E-state index is 14.6. The Labute approximate surface area is 432 Å². The van der Waals surface area contributed by atoms with Gasteiger partial charge in [-0.15, -0.1) is 5.06 Å². The average molecular weight is 1030 g/mol. The highest BCUT2D eigenvalue weighted by molar-refractivity contribution is 6.01. The van der Waals surface area contributed by atoms with Crippen molar-refractivity contribution in [2.75, 3.05) is 61.9 Å². The van der Waals surface area contributed by atoms with E-state index in [1.165, 1.54) is 21.3 Å². The fraction of sp³-hybridized carbons (Fsp3) is 0.527. The molecule has 0 bridgehead atoms. The van der Waals surface area contributed by atoms with E-state index in [1.54, 1.807) is 49.5 Å². The summed E-state index contributed by atoms with van der Waals surface area (Å²) in [6, 6.07) is 15.3. The fourth-order valence-corrected chi connectivity index (χ4v) is 9.25. The number of allylic oxidation sites excluding steroid dienone is 2. The zero-order valence-electron chi connectivity index (χ0n) is 43.4. The molecule has 0 aromatic heterocycles.